The van der Waals surface area contributed by atoms with Gasteiger partial charge in [-0.1, -0.05) is 0 Å². The van der Waals surface area contributed by atoms with E-state index in [2.05, 4.69) is 0 Å². The van der Waals surface area contributed by atoms with Crippen LogP contribution in [0.3, 0.4) is 0 Å². The summed E-state index contributed by atoms with van der Waals surface area (Å²) in [6.45, 7) is 2.84. The summed E-state index contributed by atoms with van der Waals surface area (Å²) in [5.74, 6) is -2.08. The maximum Gasteiger partial charge on any atom is 0.333 e. The number of hydrogen-bond donors (Lipinski definition) is 2. The van der Waals surface area contributed by atoms with Crippen molar-refractivity contribution >= 4 is 33.4 Å². The normalized spacial score (nSPS) is 15.9. The van der Waals surface area contributed by atoms with E-state index in [1.54, 1.807) is 0 Å². The van der Waals surface area contributed by atoms with Crippen LogP contribution in [0.25, 0.3) is 10.2 Å². The molecule has 0 atom stereocenters. The van der Waals surface area contributed by atoms with Gasteiger partial charge in [-0.15, -0.1) is 11.3 Å². The minimum absolute atomic E-state index is 0.262. The number of thiophene rings is 1. The number of rotatable bonds is 4. The number of carbonyl (C=O) groups excluding carboxylic acids is 1. The van der Waals surface area contributed by atoms with Crippen molar-refractivity contribution in [3.63, 3.8) is 0 Å². The predicted molar refractivity (Wildman–Crippen MR) is 89.7 cm³/mol. The number of carbonyl (C=O) groups is 2. The molecule has 0 saturated heterocycles. The van der Waals surface area contributed by atoms with E-state index in [1.165, 1.54) is 11.3 Å². The van der Waals surface area contributed by atoms with Crippen LogP contribution in [0.2, 0.25) is 0 Å². The van der Waals surface area contributed by atoms with Gasteiger partial charge in [-0.25, -0.2) is 9.36 Å². The Labute approximate surface area is 145 Å². The van der Waals surface area contributed by atoms with E-state index >= 15 is 0 Å². The average molecular weight is 367 g/mol. The van der Waals surface area contributed by atoms with Gasteiger partial charge < -0.3 is 15.6 Å². The van der Waals surface area contributed by atoms with Crippen LogP contribution in [-0.2, 0) is 40.4 Å². The zero-order valence-corrected chi connectivity index (χ0v) is 14.5. The van der Waals surface area contributed by atoms with Crippen molar-refractivity contribution in [3.8, 4) is 0 Å². The Balaban J connectivity index is 2.39. The number of carboxylic acids is 1. The van der Waals surface area contributed by atoms with Gasteiger partial charge in [0.15, 0.2) is 0 Å². The number of aliphatic carboxylic acids is 1. The molecule has 25 heavy (non-hydrogen) atoms. The SMILES string of the molecule is CC1(C)Cc2c(sc3c2c(=O)n(CC(=O)O)c(=O)n3CC(N)=O)CO1. The molecule has 1 amide bonds. The molecule has 0 aliphatic carbocycles. The summed E-state index contributed by atoms with van der Waals surface area (Å²) in [6.07, 6.45) is 0.444. The Bertz CT molecular complexity index is 1010. The molecule has 0 spiro atoms. The fourth-order valence-electron chi connectivity index (χ4n) is 2.97. The van der Waals surface area contributed by atoms with Gasteiger partial charge in [-0.2, -0.15) is 0 Å². The van der Waals surface area contributed by atoms with E-state index in [0.717, 1.165) is 15.0 Å². The fraction of sp³-hybridized carbons (Fsp3) is 0.467. The van der Waals surface area contributed by atoms with Gasteiger partial charge in [-0.05, 0) is 19.4 Å². The Morgan fingerprint density at radius 1 is 1.28 bits per heavy atom. The van der Waals surface area contributed by atoms with Crippen molar-refractivity contribution in [2.24, 2.45) is 5.73 Å². The number of ether oxygens (including phenoxy) is 1. The van der Waals surface area contributed by atoms with E-state index in [4.69, 9.17) is 15.6 Å². The third-order valence-corrected chi connectivity index (χ3v) is 5.27. The maximum atomic E-state index is 12.8. The van der Waals surface area contributed by atoms with E-state index < -0.39 is 41.8 Å². The lowest BCUT2D eigenvalue weighted by Crippen LogP contribution is -2.43. The molecule has 0 aromatic carbocycles. The van der Waals surface area contributed by atoms with E-state index in [9.17, 15) is 19.2 Å². The van der Waals surface area contributed by atoms with Gasteiger partial charge in [0.2, 0.25) is 5.91 Å². The Hall–Kier alpha value is -2.46. The van der Waals surface area contributed by atoms with Crippen LogP contribution in [0.15, 0.2) is 9.59 Å². The van der Waals surface area contributed by atoms with Crippen LogP contribution < -0.4 is 17.0 Å². The molecule has 9 nitrogen and oxygen atoms in total. The number of aromatic nitrogens is 2. The number of primary amides is 1. The van der Waals surface area contributed by atoms with Crippen LogP contribution in [0.4, 0.5) is 0 Å². The molecule has 10 heteroatoms. The summed E-state index contributed by atoms with van der Waals surface area (Å²) in [6, 6.07) is 0. The van der Waals surface area contributed by atoms with Crippen molar-refractivity contribution in [3.05, 3.63) is 31.3 Å². The Morgan fingerprint density at radius 3 is 2.56 bits per heavy atom. The number of hydrogen-bond acceptors (Lipinski definition) is 6. The van der Waals surface area contributed by atoms with Gasteiger partial charge in [0.05, 0.1) is 17.6 Å². The van der Waals surface area contributed by atoms with Crippen LogP contribution >= 0.6 is 11.3 Å². The number of fused-ring (bicyclic) bond motifs is 3. The molecule has 0 fully saturated rings. The van der Waals surface area contributed by atoms with Crippen molar-refractivity contribution in [2.45, 2.75) is 45.6 Å². The predicted octanol–water partition coefficient (Wildman–Crippen LogP) is -0.354. The second-order valence-corrected chi connectivity index (χ2v) is 7.61. The van der Waals surface area contributed by atoms with E-state index in [-0.39, 0.29) is 12.0 Å². The second-order valence-electron chi connectivity index (χ2n) is 6.53. The number of nitrogens with two attached hydrogens (primary N) is 1. The molecule has 2 aromatic rings. The first-order chi connectivity index (χ1) is 11.6. The van der Waals surface area contributed by atoms with E-state index in [0.29, 0.717) is 15.8 Å². The Kier molecular flexibility index (Phi) is 4.04. The third kappa shape index (κ3) is 2.98. The second kappa shape index (κ2) is 5.81. The summed E-state index contributed by atoms with van der Waals surface area (Å²) in [4.78, 5) is 48.9. The first-order valence-corrected chi connectivity index (χ1v) is 8.34. The number of nitrogens with zero attached hydrogens (tertiary/aromatic N) is 2. The lowest BCUT2D eigenvalue weighted by Gasteiger charge is -2.29. The minimum Gasteiger partial charge on any atom is -0.480 e. The van der Waals surface area contributed by atoms with Crippen molar-refractivity contribution in [1.29, 1.82) is 0 Å². The highest BCUT2D eigenvalue weighted by atomic mass is 32.1. The summed E-state index contributed by atoms with van der Waals surface area (Å²) >= 11 is 1.19. The lowest BCUT2D eigenvalue weighted by molar-refractivity contribution is -0.137. The molecule has 134 valence electrons. The molecule has 3 heterocycles. The highest BCUT2D eigenvalue weighted by Gasteiger charge is 2.32. The minimum atomic E-state index is -1.32. The van der Waals surface area contributed by atoms with Crippen LogP contribution in [-0.4, -0.2) is 31.7 Å². The maximum absolute atomic E-state index is 12.8. The zero-order valence-electron chi connectivity index (χ0n) is 13.7. The zero-order chi connectivity index (χ0) is 18.5. The van der Waals surface area contributed by atoms with Crippen LogP contribution in [0.5, 0.6) is 0 Å². The summed E-state index contributed by atoms with van der Waals surface area (Å²) in [5, 5.41) is 9.28. The summed E-state index contributed by atoms with van der Waals surface area (Å²) in [5.41, 5.74) is 3.93. The quantitative estimate of drug-likeness (QED) is 0.758. The average Bonchev–Trinajstić information content (AvgIpc) is 2.84. The standard InChI is InChI=1S/C15H17N3O6S/c1-15(2)3-7-8(6-24-15)25-13-11(7)12(22)17(5-10(20)21)14(23)18(13)4-9(16)19/h3-6H2,1-2H3,(H2,16,19)(H,20,21). The van der Waals surface area contributed by atoms with Crippen LogP contribution in [0, 0.1) is 0 Å². The third-order valence-electron chi connectivity index (χ3n) is 4.04. The molecule has 0 unspecified atom stereocenters. The van der Waals surface area contributed by atoms with Crippen molar-refractivity contribution < 1.29 is 19.4 Å². The van der Waals surface area contributed by atoms with E-state index in [1.807, 2.05) is 13.8 Å². The Morgan fingerprint density at radius 2 is 1.96 bits per heavy atom. The van der Waals surface area contributed by atoms with Gasteiger partial charge in [0, 0.05) is 11.3 Å². The van der Waals surface area contributed by atoms with Gasteiger partial charge in [0.1, 0.15) is 17.9 Å². The molecule has 2 aromatic heterocycles. The van der Waals surface area contributed by atoms with Gasteiger partial charge in [-0.3, -0.25) is 19.0 Å². The molecule has 3 N–H and O–H groups in total. The number of amides is 1. The monoisotopic (exact) mass is 367 g/mol. The highest BCUT2D eigenvalue weighted by molar-refractivity contribution is 7.18. The molecule has 0 saturated carbocycles. The smallest absolute Gasteiger partial charge is 0.333 e. The first-order valence-electron chi connectivity index (χ1n) is 7.52. The van der Waals surface area contributed by atoms with Gasteiger partial charge in [0.25, 0.3) is 5.56 Å². The highest BCUT2D eigenvalue weighted by Crippen LogP contribution is 2.37. The molecule has 0 radical (unpaired) electrons. The van der Waals surface area contributed by atoms with Gasteiger partial charge >= 0.3 is 11.7 Å². The molecule has 1 aliphatic rings. The number of carboxylic acid groups (broad SMARTS) is 1. The molecule has 1 aliphatic heterocycles. The topological polar surface area (TPSA) is 134 Å². The molecule has 3 rings (SSSR count). The first kappa shape index (κ1) is 17.4. The lowest BCUT2D eigenvalue weighted by atomic mass is 9.94. The van der Waals surface area contributed by atoms with Crippen molar-refractivity contribution in [1.82, 2.24) is 9.13 Å². The molecular formula is C15H17N3O6S. The molecule has 0 bridgehead atoms. The molecular weight excluding hydrogens is 350 g/mol. The summed E-state index contributed by atoms with van der Waals surface area (Å²) < 4.78 is 7.43. The summed E-state index contributed by atoms with van der Waals surface area (Å²) in [7, 11) is 0. The van der Waals surface area contributed by atoms with Crippen molar-refractivity contribution in [2.75, 3.05) is 0 Å². The van der Waals surface area contributed by atoms with Crippen LogP contribution in [0.1, 0.15) is 24.3 Å². The largest absolute Gasteiger partial charge is 0.480 e. The fourth-order valence-corrected chi connectivity index (χ4v) is 4.19.